The maximum Gasteiger partial charge on any atom is 0.136 e. The summed E-state index contributed by atoms with van der Waals surface area (Å²) in [7, 11) is -0.520. The number of rotatable bonds is 7. The van der Waals surface area contributed by atoms with Gasteiger partial charge in [-0.25, -0.2) is 0 Å². The van der Waals surface area contributed by atoms with E-state index in [1.807, 2.05) is 0 Å². The van der Waals surface area contributed by atoms with Crippen LogP contribution in [0.2, 0.25) is 0 Å². The van der Waals surface area contributed by atoms with Crippen molar-refractivity contribution in [3.63, 3.8) is 0 Å². The minimum atomic E-state index is -1.15. The topological polar surface area (TPSA) is 9.23 Å². The molecule has 3 heteroatoms. The van der Waals surface area contributed by atoms with E-state index in [4.69, 9.17) is 4.74 Å². The zero-order valence-electron chi connectivity index (χ0n) is 25.1. The molecule has 0 aliphatic heterocycles. The van der Waals surface area contributed by atoms with Crippen molar-refractivity contribution in [2.24, 2.45) is 0 Å². The monoisotopic (exact) mass is 526 g/mol. The molecule has 0 unspecified atom stereocenters. The van der Waals surface area contributed by atoms with Crippen molar-refractivity contribution >= 4 is 30.8 Å². The van der Waals surface area contributed by atoms with Crippen molar-refractivity contribution in [2.75, 3.05) is 7.11 Å². The van der Waals surface area contributed by atoms with Gasteiger partial charge in [0.25, 0.3) is 0 Å². The van der Waals surface area contributed by atoms with Crippen molar-refractivity contribution in [1.82, 2.24) is 0 Å². The molecule has 0 aliphatic carbocycles. The largest absolute Gasteiger partial charge is 0.495 e. The Hall–Kier alpha value is -1.68. The molecular weight excluding hydrogens is 476 g/mol. The quantitative estimate of drug-likeness (QED) is 0.326. The van der Waals surface area contributed by atoms with Crippen LogP contribution in [0.3, 0.4) is 0 Å². The molecule has 1 nitrogen and oxygen atoms in total. The number of methoxy groups -OCH3 is 1. The summed E-state index contributed by atoms with van der Waals surface area (Å²) < 4.78 is 5.96. The lowest BCUT2D eigenvalue weighted by molar-refractivity contribution is 0.414. The fourth-order valence-corrected chi connectivity index (χ4v) is 14.5. The molecule has 0 amide bonds. The number of ether oxygens (including phenoxy) is 1. The van der Waals surface area contributed by atoms with Crippen LogP contribution in [0.1, 0.15) is 94.2 Å². The zero-order valence-corrected chi connectivity index (χ0v) is 26.7. The van der Waals surface area contributed by atoms with Gasteiger partial charge in [0.05, 0.1) is 12.7 Å². The predicted molar refractivity (Wildman–Crippen MR) is 170 cm³/mol. The fraction of sp³-hybridized carbons (Fsp3) is 0.576. The molecule has 2 aromatic carbocycles. The summed E-state index contributed by atoms with van der Waals surface area (Å²) in [5, 5.41) is 13.3. The summed E-state index contributed by atoms with van der Waals surface area (Å²) in [6, 6.07) is 10.7. The van der Waals surface area contributed by atoms with E-state index < -0.39 is 20.1 Å². The van der Waals surface area contributed by atoms with E-state index in [-0.39, 0.29) is 0 Å². The SMILES string of the molecule is COc1cc(C#CS(C(C)C)(C(C)C)C(C)C)c2ccccc2c1C#CS(C(C)C)(C(C)C)C(C)C. The zero-order chi connectivity index (χ0) is 27.4. The molecule has 0 atom stereocenters. The van der Waals surface area contributed by atoms with E-state index in [0.29, 0.717) is 31.5 Å². The molecule has 2 rings (SSSR count). The van der Waals surface area contributed by atoms with E-state index in [1.54, 1.807) is 7.11 Å². The molecule has 0 spiro atoms. The van der Waals surface area contributed by atoms with Crippen LogP contribution < -0.4 is 4.74 Å². The Labute approximate surface area is 226 Å². The first-order chi connectivity index (χ1) is 16.8. The van der Waals surface area contributed by atoms with Gasteiger partial charge >= 0.3 is 0 Å². The second-order valence-corrected chi connectivity index (χ2v) is 20.4. The van der Waals surface area contributed by atoms with Gasteiger partial charge in [-0.15, -0.1) is 0 Å². The summed E-state index contributed by atoms with van der Waals surface area (Å²) in [6.45, 7) is 28.1. The van der Waals surface area contributed by atoms with E-state index in [2.05, 4.69) is 136 Å². The molecular formula is C33H50OS2. The van der Waals surface area contributed by atoms with Crippen LogP contribution in [0, 0.1) is 22.3 Å². The maximum absolute atomic E-state index is 5.96. The molecule has 200 valence electrons. The lowest BCUT2D eigenvalue weighted by atomic mass is 9.99. The highest BCUT2D eigenvalue weighted by molar-refractivity contribution is 8.39. The first-order valence-corrected chi connectivity index (χ1v) is 17.2. The van der Waals surface area contributed by atoms with Crippen molar-refractivity contribution in [1.29, 1.82) is 0 Å². The lowest BCUT2D eigenvalue weighted by Gasteiger charge is -2.46. The molecule has 0 fully saturated rings. The van der Waals surface area contributed by atoms with E-state index >= 15 is 0 Å². The van der Waals surface area contributed by atoms with Crippen LogP contribution in [0.15, 0.2) is 30.3 Å². The smallest absolute Gasteiger partial charge is 0.136 e. The van der Waals surface area contributed by atoms with Crippen molar-refractivity contribution in [3.05, 3.63) is 41.5 Å². The van der Waals surface area contributed by atoms with Crippen molar-refractivity contribution < 1.29 is 4.74 Å². The van der Waals surface area contributed by atoms with E-state index in [0.717, 1.165) is 22.3 Å². The third kappa shape index (κ3) is 5.59. The Morgan fingerprint density at radius 3 is 1.36 bits per heavy atom. The average Bonchev–Trinajstić information content (AvgIpc) is 2.78. The molecule has 0 radical (unpaired) electrons. The predicted octanol–water partition coefficient (Wildman–Crippen LogP) is 9.53. The summed E-state index contributed by atoms with van der Waals surface area (Å²) in [5.41, 5.74) is 2.04. The Kier molecular flexibility index (Phi) is 10.4. The Balaban J connectivity index is 2.87. The van der Waals surface area contributed by atoms with Gasteiger partial charge in [-0.1, -0.05) is 119 Å². The lowest BCUT2D eigenvalue weighted by Crippen LogP contribution is -2.27. The second kappa shape index (κ2) is 12.2. The fourth-order valence-electron chi connectivity index (χ4n) is 6.00. The second-order valence-electron chi connectivity index (χ2n) is 11.3. The van der Waals surface area contributed by atoms with Gasteiger partial charge < -0.3 is 4.74 Å². The Morgan fingerprint density at radius 2 is 0.972 bits per heavy atom. The number of fused-ring (bicyclic) bond motifs is 1. The van der Waals surface area contributed by atoms with Crippen LogP contribution in [0.25, 0.3) is 10.8 Å². The molecule has 36 heavy (non-hydrogen) atoms. The first kappa shape index (κ1) is 30.5. The Bertz CT molecular complexity index is 1120. The number of benzene rings is 2. The molecule has 0 aromatic heterocycles. The molecule has 0 aliphatic rings. The van der Waals surface area contributed by atoms with Gasteiger partial charge in [0, 0.05) is 10.9 Å². The minimum Gasteiger partial charge on any atom is -0.495 e. The molecule has 2 aromatic rings. The highest BCUT2D eigenvalue weighted by atomic mass is 32.3. The van der Waals surface area contributed by atoms with Crippen molar-refractivity contribution in [2.45, 2.75) is 115 Å². The summed E-state index contributed by atoms with van der Waals surface area (Å²) in [6.07, 6.45) is 0. The number of hydrogen-bond donors (Lipinski definition) is 0. The van der Waals surface area contributed by atoms with E-state index in [1.165, 1.54) is 5.39 Å². The normalized spacial score (nSPS) is 13.4. The van der Waals surface area contributed by atoms with Gasteiger partial charge in [-0.2, -0.15) is 20.1 Å². The Morgan fingerprint density at radius 1 is 0.583 bits per heavy atom. The average molecular weight is 527 g/mol. The van der Waals surface area contributed by atoms with Crippen LogP contribution in [-0.2, 0) is 0 Å². The van der Waals surface area contributed by atoms with Gasteiger partial charge in [0.15, 0.2) is 0 Å². The third-order valence-electron chi connectivity index (χ3n) is 7.62. The highest BCUT2D eigenvalue weighted by Crippen LogP contribution is 2.60. The first-order valence-electron chi connectivity index (χ1n) is 13.5. The highest BCUT2D eigenvalue weighted by Gasteiger charge is 2.34. The van der Waals surface area contributed by atoms with Gasteiger partial charge in [-0.3, -0.25) is 0 Å². The van der Waals surface area contributed by atoms with Crippen LogP contribution >= 0.6 is 20.1 Å². The summed E-state index contributed by atoms with van der Waals surface area (Å²) in [4.78, 5) is 0. The van der Waals surface area contributed by atoms with Crippen LogP contribution in [-0.4, -0.2) is 38.6 Å². The summed E-state index contributed by atoms with van der Waals surface area (Å²) in [5.74, 6) is 8.16. The van der Waals surface area contributed by atoms with Crippen molar-refractivity contribution in [3.8, 4) is 28.1 Å². The maximum atomic E-state index is 5.96. The van der Waals surface area contributed by atoms with Gasteiger partial charge in [-0.05, 0) is 53.5 Å². The van der Waals surface area contributed by atoms with Gasteiger partial charge in [0.2, 0.25) is 0 Å². The molecule has 0 bridgehead atoms. The minimum absolute atomic E-state index is 0.534. The third-order valence-corrected chi connectivity index (χ3v) is 17.9. The molecule has 0 saturated heterocycles. The van der Waals surface area contributed by atoms with E-state index in [9.17, 15) is 0 Å². The molecule has 0 heterocycles. The van der Waals surface area contributed by atoms with Crippen LogP contribution in [0.5, 0.6) is 5.75 Å². The molecule has 0 saturated carbocycles. The number of hydrogen-bond acceptors (Lipinski definition) is 1. The van der Waals surface area contributed by atoms with Gasteiger partial charge in [0.1, 0.15) is 5.75 Å². The molecule has 0 N–H and O–H groups in total. The standard InChI is InChI=1S/C33H50OS2/c1-23(2)35(24(3)4,25(5)6)20-18-29-22-33(34-13)32(31-17-15-14-16-30(29)31)19-21-36(26(7)8,27(9)10)28(11)12/h14-17,22-28H,1-13H3. The summed E-state index contributed by atoms with van der Waals surface area (Å²) >= 11 is 0. The van der Waals surface area contributed by atoms with Crippen LogP contribution in [0.4, 0.5) is 0 Å².